The molecule has 0 aromatic heterocycles. The maximum absolute atomic E-state index is 13.3. The monoisotopic (exact) mass is 473 g/mol. The summed E-state index contributed by atoms with van der Waals surface area (Å²) in [6.07, 6.45) is 1.46. The highest BCUT2D eigenvalue weighted by Crippen LogP contribution is 2.38. The molecule has 1 saturated heterocycles. The van der Waals surface area contributed by atoms with E-state index in [2.05, 4.69) is 30.4 Å². The Hall–Kier alpha value is -2.06. The number of halogens is 1. The first-order chi connectivity index (χ1) is 15.1. The minimum Gasteiger partial charge on any atom is -0.588 e. The molecule has 2 heterocycles. The van der Waals surface area contributed by atoms with Crippen LogP contribution in [-0.4, -0.2) is 52.3 Å². The summed E-state index contributed by atoms with van der Waals surface area (Å²) in [7, 11) is 2.03. The van der Waals surface area contributed by atoms with Crippen LogP contribution in [0.2, 0.25) is 5.02 Å². The molecular formula is C24H28ClN3O3S. The van der Waals surface area contributed by atoms with E-state index >= 15 is 0 Å². The molecule has 1 unspecified atom stereocenters. The summed E-state index contributed by atoms with van der Waals surface area (Å²) in [6.45, 7) is 8.00. The number of anilines is 1. The van der Waals surface area contributed by atoms with Gasteiger partial charge in [-0.25, -0.2) is 4.72 Å². The van der Waals surface area contributed by atoms with Gasteiger partial charge in [0.25, 0.3) is 11.8 Å². The van der Waals surface area contributed by atoms with Gasteiger partial charge in [-0.2, -0.15) is 0 Å². The van der Waals surface area contributed by atoms with E-state index in [1.807, 2.05) is 31.3 Å². The minimum absolute atomic E-state index is 0.00534. The van der Waals surface area contributed by atoms with Crippen LogP contribution >= 0.6 is 11.6 Å². The Kier molecular flexibility index (Phi) is 6.29. The second kappa shape index (κ2) is 8.71. The molecule has 0 saturated carbocycles. The lowest BCUT2D eigenvalue weighted by Crippen LogP contribution is -2.46. The van der Waals surface area contributed by atoms with Crippen molar-refractivity contribution in [2.45, 2.75) is 50.0 Å². The van der Waals surface area contributed by atoms with Gasteiger partial charge in [0.05, 0.1) is 21.8 Å². The molecule has 32 heavy (non-hydrogen) atoms. The molecule has 8 heteroatoms. The molecule has 170 valence electrons. The fourth-order valence-electron chi connectivity index (χ4n) is 4.25. The summed E-state index contributed by atoms with van der Waals surface area (Å²) in [6, 6.07) is 10.6. The van der Waals surface area contributed by atoms with Crippen molar-refractivity contribution in [2.24, 2.45) is 0 Å². The van der Waals surface area contributed by atoms with E-state index in [0.29, 0.717) is 10.6 Å². The second-order valence-electron chi connectivity index (χ2n) is 9.50. The highest BCUT2D eigenvalue weighted by Gasteiger charge is 2.44. The molecule has 6 nitrogen and oxygen atoms in total. The molecular weight excluding hydrogens is 446 g/mol. The molecule has 2 aromatic carbocycles. The largest absolute Gasteiger partial charge is 0.588 e. The number of nitrogens with one attached hydrogen (secondary N) is 1. The quantitative estimate of drug-likeness (QED) is 0.524. The van der Waals surface area contributed by atoms with E-state index in [1.54, 1.807) is 12.1 Å². The summed E-state index contributed by atoms with van der Waals surface area (Å²) < 4.78 is 16.0. The van der Waals surface area contributed by atoms with Gasteiger partial charge >= 0.3 is 0 Å². The van der Waals surface area contributed by atoms with Crippen LogP contribution in [0.25, 0.3) is 0 Å². The minimum atomic E-state index is -1.60. The molecule has 2 amide bonds. The highest BCUT2D eigenvalue weighted by molar-refractivity contribution is 7.92. The summed E-state index contributed by atoms with van der Waals surface area (Å²) in [5, 5.41) is 0.236. The van der Waals surface area contributed by atoms with Gasteiger partial charge in [-0.15, -0.1) is 0 Å². The molecule has 1 N–H and O–H groups in total. The van der Waals surface area contributed by atoms with Gasteiger partial charge < -0.3 is 9.45 Å². The number of carbonyl (C=O) groups excluding carboxylic acids is 2. The van der Waals surface area contributed by atoms with E-state index in [1.165, 1.54) is 4.90 Å². The third-order valence-electron chi connectivity index (χ3n) is 6.21. The number of nitrogens with zero attached hydrogens (tertiary/aromatic N) is 2. The van der Waals surface area contributed by atoms with Crippen molar-refractivity contribution in [3.63, 3.8) is 0 Å². The van der Waals surface area contributed by atoms with Crippen molar-refractivity contribution in [3.05, 3.63) is 58.1 Å². The fraction of sp³-hybridized carbons (Fsp3) is 0.417. The van der Waals surface area contributed by atoms with Crippen LogP contribution < -0.4 is 4.72 Å². The van der Waals surface area contributed by atoms with Crippen LogP contribution in [0.15, 0.2) is 41.3 Å². The first-order valence-electron chi connectivity index (χ1n) is 10.8. The standard InChI is InChI=1S/C24H28ClN3O3S/c1-24(2,3)15-5-7-17(8-6-15)32(31)26-19-10-9-18(25)20-21(19)23(30)28(22(20)29)16-11-13-27(4)14-12-16/h5-10,16,26H,11-14H2,1-4H3. The van der Waals surface area contributed by atoms with Crippen LogP contribution in [0, 0.1) is 0 Å². The fourth-order valence-corrected chi connectivity index (χ4v) is 5.36. The van der Waals surface area contributed by atoms with Crippen molar-refractivity contribution in [3.8, 4) is 0 Å². The molecule has 0 spiro atoms. The topological polar surface area (TPSA) is 75.7 Å². The van der Waals surface area contributed by atoms with Crippen molar-refractivity contribution >= 4 is 40.5 Å². The van der Waals surface area contributed by atoms with E-state index in [4.69, 9.17) is 11.6 Å². The predicted octanol–water partition coefficient (Wildman–Crippen LogP) is 4.46. The Morgan fingerprint density at radius 3 is 2.19 bits per heavy atom. The number of hydrogen-bond donors (Lipinski definition) is 1. The normalized spacial score (nSPS) is 18.8. The first kappa shape index (κ1) is 23.1. The van der Waals surface area contributed by atoms with Crippen LogP contribution in [0.5, 0.6) is 0 Å². The Labute approximate surface area is 197 Å². The second-order valence-corrected chi connectivity index (χ2v) is 11.1. The van der Waals surface area contributed by atoms with Crippen molar-refractivity contribution in [2.75, 3.05) is 24.9 Å². The molecule has 1 fully saturated rings. The molecule has 0 radical (unpaired) electrons. The average molecular weight is 474 g/mol. The van der Waals surface area contributed by atoms with Crippen LogP contribution in [0.1, 0.15) is 59.9 Å². The molecule has 2 aromatic rings. The van der Waals surface area contributed by atoms with Crippen LogP contribution in [-0.2, 0) is 16.8 Å². The third-order valence-corrected chi connectivity index (χ3v) is 7.63. The Morgan fingerprint density at radius 1 is 1.00 bits per heavy atom. The molecule has 1 atom stereocenters. The molecule has 2 aliphatic rings. The SMILES string of the molecule is CN1CCC(N2C(=O)c3c(Cl)ccc(N[S+]([O-])c4ccc(C(C)(C)C)cc4)c3C2=O)CC1. The lowest BCUT2D eigenvalue weighted by Gasteiger charge is -2.33. The van der Waals surface area contributed by atoms with Gasteiger partial charge in [-0.1, -0.05) is 44.5 Å². The highest BCUT2D eigenvalue weighted by atomic mass is 35.5. The van der Waals surface area contributed by atoms with Crippen LogP contribution in [0.3, 0.4) is 0 Å². The number of benzene rings is 2. The molecule has 0 aliphatic carbocycles. The molecule has 0 bridgehead atoms. The Balaban J connectivity index is 1.60. The summed E-state index contributed by atoms with van der Waals surface area (Å²) in [5.41, 5.74) is 1.90. The van der Waals surface area contributed by atoms with Crippen molar-refractivity contribution < 1.29 is 14.1 Å². The van der Waals surface area contributed by atoms with Crippen LogP contribution in [0.4, 0.5) is 5.69 Å². The zero-order valence-corrected chi connectivity index (χ0v) is 20.3. The number of carbonyl (C=O) groups is 2. The van der Waals surface area contributed by atoms with Gasteiger partial charge in [0.1, 0.15) is 11.4 Å². The molecule has 2 aliphatic heterocycles. The number of rotatable bonds is 4. The lowest BCUT2D eigenvalue weighted by atomic mass is 9.87. The predicted molar refractivity (Wildman–Crippen MR) is 128 cm³/mol. The number of fused-ring (bicyclic) bond motifs is 1. The van der Waals surface area contributed by atoms with E-state index < -0.39 is 11.4 Å². The van der Waals surface area contributed by atoms with Crippen molar-refractivity contribution in [1.82, 2.24) is 9.80 Å². The summed E-state index contributed by atoms with van der Waals surface area (Å²) in [4.78, 5) is 30.6. The average Bonchev–Trinajstić information content (AvgIpc) is 3.01. The number of likely N-dealkylation sites (tertiary alicyclic amines) is 1. The number of piperidine rings is 1. The molecule has 4 rings (SSSR count). The zero-order chi connectivity index (χ0) is 23.2. The first-order valence-corrected chi connectivity index (χ1v) is 12.3. The number of imide groups is 1. The van der Waals surface area contributed by atoms with Gasteiger partial charge in [0.2, 0.25) is 0 Å². The Morgan fingerprint density at radius 2 is 1.59 bits per heavy atom. The summed E-state index contributed by atoms with van der Waals surface area (Å²) >= 11 is 4.73. The smallest absolute Gasteiger partial charge is 0.264 e. The Bertz CT molecular complexity index is 1040. The van der Waals surface area contributed by atoms with Gasteiger partial charge in [-0.05, 0) is 68.2 Å². The number of hydrogen-bond acceptors (Lipinski definition) is 5. The summed E-state index contributed by atoms with van der Waals surface area (Å²) in [5.74, 6) is -0.738. The van der Waals surface area contributed by atoms with Gasteiger partial charge in [-0.3, -0.25) is 14.5 Å². The third kappa shape index (κ3) is 4.27. The van der Waals surface area contributed by atoms with E-state index in [-0.39, 0.29) is 39.4 Å². The van der Waals surface area contributed by atoms with E-state index in [9.17, 15) is 14.1 Å². The van der Waals surface area contributed by atoms with E-state index in [0.717, 1.165) is 31.5 Å². The van der Waals surface area contributed by atoms with Crippen molar-refractivity contribution in [1.29, 1.82) is 0 Å². The maximum atomic E-state index is 13.3. The maximum Gasteiger partial charge on any atom is 0.264 e. The zero-order valence-electron chi connectivity index (χ0n) is 18.8. The lowest BCUT2D eigenvalue weighted by molar-refractivity contribution is 0.0517. The number of amides is 2. The van der Waals surface area contributed by atoms with Gasteiger partial charge in [0, 0.05) is 6.04 Å². The van der Waals surface area contributed by atoms with Gasteiger partial charge in [0.15, 0.2) is 4.90 Å².